The lowest BCUT2D eigenvalue weighted by Gasteiger charge is -2.11. The molecule has 5 heteroatoms. The lowest BCUT2D eigenvalue weighted by molar-refractivity contribution is 0.112. The van der Waals surface area contributed by atoms with Crippen LogP contribution in [-0.2, 0) is 0 Å². The van der Waals surface area contributed by atoms with Gasteiger partial charge in [0, 0.05) is 16.7 Å². The fourth-order valence-corrected chi connectivity index (χ4v) is 1.80. The van der Waals surface area contributed by atoms with Gasteiger partial charge in [-0.1, -0.05) is 11.6 Å². The van der Waals surface area contributed by atoms with E-state index in [2.05, 4.69) is 0 Å². The summed E-state index contributed by atoms with van der Waals surface area (Å²) in [7, 11) is 1.50. The number of benzene rings is 2. The third-order valence-corrected chi connectivity index (χ3v) is 2.84. The molecule has 4 nitrogen and oxygen atoms in total. The Kier molecular flexibility index (Phi) is 4.24. The number of hydrogen-bond donors (Lipinski definition) is 0. The molecule has 0 spiro atoms. The second kappa shape index (κ2) is 6.09. The number of rotatable bonds is 4. The summed E-state index contributed by atoms with van der Waals surface area (Å²) >= 11 is 5.87. The lowest BCUT2D eigenvalue weighted by atomic mass is 10.1. The van der Waals surface area contributed by atoms with Crippen LogP contribution in [0.4, 0.5) is 0 Å². The van der Waals surface area contributed by atoms with Gasteiger partial charge in [0.25, 0.3) is 0 Å². The van der Waals surface area contributed by atoms with Crippen molar-refractivity contribution in [2.24, 2.45) is 0 Å². The summed E-state index contributed by atoms with van der Waals surface area (Å²) in [5.74, 6) is 1.24. The Bertz CT molecular complexity index is 692. The SMILES string of the molecule is COc1cc(Cl)ccc1Oc1ccc(C=O)cc1C#N. The lowest BCUT2D eigenvalue weighted by Crippen LogP contribution is -1.93. The van der Waals surface area contributed by atoms with Crippen LogP contribution >= 0.6 is 11.6 Å². The Morgan fingerprint density at radius 1 is 1.15 bits per heavy atom. The molecule has 0 fully saturated rings. The molecule has 2 aromatic carbocycles. The van der Waals surface area contributed by atoms with Crippen LogP contribution in [0, 0.1) is 11.3 Å². The van der Waals surface area contributed by atoms with Crippen molar-refractivity contribution in [1.29, 1.82) is 5.26 Å². The number of ether oxygens (including phenoxy) is 2. The zero-order valence-electron chi connectivity index (χ0n) is 10.6. The smallest absolute Gasteiger partial charge is 0.169 e. The molecule has 0 aromatic heterocycles. The van der Waals surface area contributed by atoms with E-state index in [-0.39, 0.29) is 5.56 Å². The maximum Gasteiger partial charge on any atom is 0.169 e. The number of nitriles is 1. The number of carbonyl (C=O) groups is 1. The first-order valence-electron chi connectivity index (χ1n) is 5.68. The van der Waals surface area contributed by atoms with E-state index in [0.717, 1.165) is 0 Å². The van der Waals surface area contributed by atoms with Crippen LogP contribution in [0.5, 0.6) is 17.2 Å². The Labute approximate surface area is 121 Å². The van der Waals surface area contributed by atoms with Crippen LogP contribution in [0.25, 0.3) is 0 Å². The van der Waals surface area contributed by atoms with Crippen molar-refractivity contribution in [2.45, 2.75) is 0 Å². The molecule has 0 N–H and O–H groups in total. The fraction of sp³-hybridized carbons (Fsp3) is 0.0667. The van der Waals surface area contributed by atoms with Crippen molar-refractivity contribution in [3.8, 4) is 23.3 Å². The summed E-state index contributed by atoms with van der Waals surface area (Å²) in [6.07, 6.45) is 0.674. The molecular formula is C15H10ClNO3. The molecule has 0 bridgehead atoms. The Balaban J connectivity index is 2.40. The van der Waals surface area contributed by atoms with E-state index < -0.39 is 0 Å². The largest absolute Gasteiger partial charge is 0.493 e. The van der Waals surface area contributed by atoms with Crippen LogP contribution in [0.15, 0.2) is 36.4 Å². The molecule has 0 aliphatic rings. The van der Waals surface area contributed by atoms with Crippen LogP contribution in [0.2, 0.25) is 5.02 Å². The number of halogens is 1. The minimum atomic E-state index is 0.270. The average Bonchev–Trinajstić information content (AvgIpc) is 2.49. The van der Waals surface area contributed by atoms with Gasteiger partial charge in [0.05, 0.1) is 12.7 Å². The van der Waals surface area contributed by atoms with Crippen LogP contribution in [-0.4, -0.2) is 13.4 Å². The average molecular weight is 288 g/mol. The van der Waals surface area contributed by atoms with Crippen molar-refractivity contribution >= 4 is 17.9 Å². The molecule has 0 radical (unpaired) electrons. The highest BCUT2D eigenvalue weighted by atomic mass is 35.5. The van der Waals surface area contributed by atoms with Gasteiger partial charge < -0.3 is 9.47 Å². The number of nitrogens with zero attached hydrogens (tertiary/aromatic N) is 1. The summed E-state index contributed by atoms with van der Waals surface area (Å²) < 4.78 is 10.8. The number of hydrogen-bond acceptors (Lipinski definition) is 4. The Morgan fingerprint density at radius 3 is 2.55 bits per heavy atom. The first-order chi connectivity index (χ1) is 9.67. The molecule has 0 aliphatic heterocycles. The minimum absolute atomic E-state index is 0.270. The van der Waals surface area contributed by atoms with Gasteiger partial charge in [-0.05, 0) is 30.3 Å². The van der Waals surface area contributed by atoms with E-state index in [1.807, 2.05) is 6.07 Å². The van der Waals surface area contributed by atoms with Gasteiger partial charge in [0.15, 0.2) is 11.5 Å². The van der Waals surface area contributed by atoms with Crippen LogP contribution in [0.1, 0.15) is 15.9 Å². The molecule has 2 aromatic rings. The normalized spacial score (nSPS) is 9.65. The minimum Gasteiger partial charge on any atom is -0.493 e. The van der Waals surface area contributed by atoms with Crippen molar-refractivity contribution in [1.82, 2.24) is 0 Å². The molecule has 100 valence electrons. The maximum atomic E-state index is 10.7. The van der Waals surface area contributed by atoms with Crippen molar-refractivity contribution in [2.75, 3.05) is 7.11 Å². The number of aldehydes is 1. The molecule has 0 heterocycles. The fourth-order valence-electron chi connectivity index (χ4n) is 1.64. The monoisotopic (exact) mass is 287 g/mol. The van der Waals surface area contributed by atoms with Gasteiger partial charge in [0.2, 0.25) is 0 Å². The molecule has 0 unspecified atom stereocenters. The van der Waals surface area contributed by atoms with Gasteiger partial charge in [-0.2, -0.15) is 5.26 Å². The van der Waals surface area contributed by atoms with Crippen LogP contribution in [0.3, 0.4) is 0 Å². The van der Waals surface area contributed by atoms with Gasteiger partial charge in [-0.3, -0.25) is 4.79 Å². The Hall–Kier alpha value is -2.51. The van der Waals surface area contributed by atoms with E-state index in [4.69, 9.17) is 26.3 Å². The van der Waals surface area contributed by atoms with Gasteiger partial charge in [0.1, 0.15) is 18.1 Å². The first kappa shape index (κ1) is 13.9. The van der Waals surface area contributed by atoms with Crippen molar-refractivity contribution in [3.63, 3.8) is 0 Å². The molecule has 0 aliphatic carbocycles. The standard InChI is InChI=1S/C15H10ClNO3/c1-19-15-7-12(16)3-5-14(15)20-13-4-2-10(9-18)6-11(13)8-17/h2-7,9H,1H3. The predicted octanol–water partition coefficient (Wildman–Crippen LogP) is 3.83. The molecule has 0 saturated carbocycles. The summed E-state index contributed by atoms with van der Waals surface area (Å²) in [6.45, 7) is 0. The van der Waals surface area contributed by atoms with E-state index in [1.165, 1.54) is 13.2 Å². The second-order valence-electron chi connectivity index (χ2n) is 3.88. The van der Waals surface area contributed by atoms with Gasteiger partial charge in [-0.15, -0.1) is 0 Å². The van der Waals surface area contributed by atoms with E-state index in [0.29, 0.717) is 34.1 Å². The zero-order chi connectivity index (χ0) is 14.5. The second-order valence-corrected chi connectivity index (χ2v) is 4.32. The highest BCUT2D eigenvalue weighted by Crippen LogP contribution is 2.34. The highest BCUT2D eigenvalue weighted by molar-refractivity contribution is 6.30. The third kappa shape index (κ3) is 2.90. The topological polar surface area (TPSA) is 59.3 Å². The molecular weight excluding hydrogens is 278 g/mol. The van der Waals surface area contributed by atoms with E-state index >= 15 is 0 Å². The van der Waals surface area contributed by atoms with Gasteiger partial charge >= 0.3 is 0 Å². The van der Waals surface area contributed by atoms with Gasteiger partial charge in [-0.25, -0.2) is 0 Å². The first-order valence-corrected chi connectivity index (χ1v) is 6.06. The summed E-state index contributed by atoms with van der Waals surface area (Å²) in [5, 5.41) is 9.61. The number of methoxy groups -OCH3 is 1. The van der Waals surface area contributed by atoms with Crippen molar-refractivity contribution in [3.05, 3.63) is 52.5 Å². The summed E-state index contributed by atoms with van der Waals surface area (Å²) in [4.78, 5) is 10.7. The molecule has 0 saturated heterocycles. The van der Waals surface area contributed by atoms with E-state index in [9.17, 15) is 4.79 Å². The maximum absolute atomic E-state index is 10.7. The summed E-state index contributed by atoms with van der Waals surface area (Å²) in [5.41, 5.74) is 0.684. The molecule has 2 rings (SSSR count). The zero-order valence-corrected chi connectivity index (χ0v) is 11.3. The molecule has 0 amide bonds. The van der Waals surface area contributed by atoms with E-state index in [1.54, 1.807) is 30.3 Å². The number of carbonyl (C=O) groups excluding carboxylic acids is 1. The summed E-state index contributed by atoms with van der Waals surface area (Å²) in [6, 6.07) is 11.5. The Morgan fingerprint density at radius 2 is 1.90 bits per heavy atom. The highest BCUT2D eigenvalue weighted by Gasteiger charge is 2.10. The van der Waals surface area contributed by atoms with Crippen LogP contribution < -0.4 is 9.47 Å². The van der Waals surface area contributed by atoms with Crippen molar-refractivity contribution < 1.29 is 14.3 Å². The third-order valence-electron chi connectivity index (χ3n) is 2.61. The molecule has 0 atom stereocenters. The quantitative estimate of drug-likeness (QED) is 0.802. The molecule has 20 heavy (non-hydrogen) atoms. The predicted molar refractivity (Wildman–Crippen MR) is 74.6 cm³/mol.